The van der Waals surface area contributed by atoms with Gasteiger partial charge in [-0.1, -0.05) is 52.4 Å². The van der Waals surface area contributed by atoms with Crippen LogP contribution >= 0.6 is 23.5 Å². The zero-order chi connectivity index (χ0) is 52.3. The number of amides is 6. The summed E-state index contributed by atoms with van der Waals surface area (Å²) in [7, 11) is 0. The highest BCUT2D eigenvalue weighted by Crippen LogP contribution is 2.26. The molecular weight excluding hydrogens is 897 g/mol. The predicted octanol–water partition coefficient (Wildman–Crippen LogP) is 1.58. The number of hydrogen-bond acceptors (Lipinski definition) is 19. The molecule has 374 valence electrons. The molecule has 0 saturated carbocycles. The van der Waals surface area contributed by atoms with Crippen LogP contribution in [0.1, 0.15) is 104 Å². The summed E-state index contributed by atoms with van der Waals surface area (Å²) >= 11 is 2.88. The third-order valence-electron chi connectivity index (χ3n) is 7.80. The number of nitrogens with zero attached hydrogens (tertiary/aromatic N) is 2. The maximum absolute atomic E-state index is 12.2. The van der Waals surface area contributed by atoms with Gasteiger partial charge in [0.2, 0.25) is 35.4 Å². The number of thioether (sulfide) groups is 2. The van der Waals surface area contributed by atoms with E-state index in [-0.39, 0.29) is 111 Å². The molecule has 2 unspecified atom stereocenters. The highest BCUT2D eigenvalue weighted by atomic mass is 32.2. The Hall–Kier alpha value is -5.42. The van der Waals surface area contributed by atoms with Crippen LogP contribution in [0.5, 0.6) is 0 Å². The second-order valence-corrected chi connectivity index (χ2v) is 14.6. The number of hydrogen-bond donors (Lipinski definition) is 2. The SMILES string of the molecule is C=O.C=O.C=O.C=O.C=O.C=O.C=O.C=O.CCSC1CC(=O)N(CCC(=O)NCCOCCNC(=O)CCN2C(=O)CC(SCC)C2=O)C1=O.O=CCCCCCCCCCCC=O. The highest BCUT2D eigenvalue weighted by molar-refractivity contribution is 8.00. The van der Waals surface area contributed by atoms with Gasteiger partial charge in [-0.3, -0.25) is 38.6 Å². The van der Waals surface area contributed by atoms with Crippen molar-refractivity contribution in [2.24, 2.45) is 0 Å². The van der Waals surface area contributed by atoms with Crippen LogP contribution in [0.2, 0.25) is 0 Å². The first-order valence-corrected chi connectivity index (χ1v) is 22.0. The second-order valence-electron chi connectivity index (χ2n) is 11.6. The van der Waals surface area contributed by atoms with Crippen LogP contribution < -0.4 is 10.6 Å². The van der Waals surface area contributed by atoms with Crippen LogP contribution in [-0.2, 0) is 81.4 Å². The summed E-state index contributed by atoms with van der Waals surface area (Å²) in [5.41, 5.74) is 0. The minimum absolute atomic E-state index is 0.0386. The molecule has 65 heavy (non-hydrogen) atoms. The predicted molar refractivity (Wildman–Crippen MR) is 248 cm³/mol. The first-order chi connectivity index (χ1) is 31.7. The van der Waals surface area contributed by atoms with Crippen molar-refractivity contribution in [3.05, 3.63) is 0 Å². The number of ether oxygens (including phenoxy) is 1. The first-order valence-electron chi connectivity index (χ1n) is 19.9. The zero-order valence-corrected chi connectivity index (χ0v) is 39.8. The molecule has 0 aliphatic carbocycles. The molecule has 2 aliphatic heterocycles. The Balaban J connectivity index is -0.000000150. The van der Waals surface area contributed by atoms with Gasteiger partial charge in [-0.25, -0.2) is 0 Å². The summed E-state index contributed by atoms with van der Waals surface area (Å²) < 4.78 is 5.37. The Morgan fingerprint density at radius 2 is 0.815 bits per heavy atom. The van der Waals surface area contributed by atoms with Gasteiger partial charge in [0, 0.05) is 64.7 Å². The van der Waals surface area contributed by atoms with Gasteiger partial charge in [-0.2, -0.15) is 0 Å². The number of carbonyl (C=O) groups excluding carboxylic acids is 16. The average molecular weight is 969 g/mol. The number of imide groups is 2. The van der Waals surface area contributed by atoms with Crippen LogP contribution in [0.25, 0.3) is 0 Å². The maximum Gasteiger partial charge on any atom is 0.242 e. The van der Waals surface area contributed by atoms with Gasteiger partial charge in [-0.05, 0) is 24.3 Å². The van der Waals surface area contributed by atoms with E-state index >= 15 is 0 Å². The molecule has 0 aromatic heterocycles. The number of nitrogens with one attached hydrogen (secondary N) is 2. The molecule has 2 heterocycles. The van der Waals surface area contributed by atoms with E-state index in [0.717, 1.165) is 59.6 Å². The fraction of sp³-hybridized carbons (Fsp3) is 0.619. The van der Waals surface area contributed by atoms with E-state index in [1.54, 1.807) is 0 Å². The summed E-state index contributed by atoms with van der Waals surface area (Å²) in [6, 6.07) is 0. The van der Waals surface area contributed by atoms with E-state index in [9.17, 15) is 38.4 Å². The Morgan fingerprint density at radius 1 is 0.538 bits per heavy atom. The number of carbonyl (C=O) groups is 16. The molecule has 23 heteroatoms. The Bertz CT molecular complexity index is 1110. The molecule has 21 nitrogen and oxygen atoms in total. The topological polar surface area (TPSA) is 313 Å². The normalized spacial score (nSPS) is 13.5. The van der Waals surface area contributed by atoms with Crippen LogP contribution in [0.15, 0.2) is 0 Å². The first kappa shape index (κ1) is 76.8. The molecular formula is C42H72N4O17S2. The molecule has 0 radical (unpaired) electrons. The van der Waals surface area contributed by atoms with E-state index in [4.69, 9.17) is 43.1 Å². The third-order valence-corrected chi connectivity index (χ3v) is 10.0. The average Bonchev–Trinajstić information content (AvgIpc) is 3.79. The van der Waals surface area contributed by atoms with E-state index < -0.39 is 0 Å². The number of rotatable bonds is 27. The van der Waals surface area contributed by atoms with Gasteiger partial charge in [0.05, 0.1) is 23.7 Å². The zero-order valence-electron chi connectivity index (χ0n) is 38.2. The van der Waals surface area contributed by atoms with Crippen molar-refractivity contribution in [2.75, 3.05) is 50.9 Å². The maximum atomic E-state index is 12.2. The van der Waals surface area contributed by atoms with Crippen molar-refractivity contribution in [3.8, 4) is 0 Å². The van der Waals surface area contributed by atoms with Gasteiger partial charge in [0.25, 0.3) is 0 Å². The van der Waals surface area contributed by atoms with Crippen molar-refractivity contribution in [2.45, 2.75) is 114 Å². The van der Waals surface area contributed by atoms with Crippen molar-refractivity contribution < 1.29 is 81.4 Å². The number of likely N-dealkylation sites (tertiary alicyclic amines) is 2. The molecule has 0 aromatic carbocycles. The molecule has 0 aromatic rings. The smallest absolute Gasteiger partial charge is 0.242 e. The fourth-order valence-electron chi connectivity index (χ4n) is 5.19. The van der Waals surface area contributed by atoms with Gasteiger partial charge < -0.3 is 63.3 Å². The lowest BCUT2D eigenvalue weighted by Gasteiger charge is -2.15. The number of unbranched alkanes of at least 4 members (excludes halogenated alkanes) is 9. The third kappa shape index (κ3) is 46.4. The Labute approximate surface area is 391 Å². The van der Waals surface area contributed by atoms with E-state index in [1.165, 1.54) is 62.0 Å². The van der Waals surface area contributed by atoms with Crippen molar-refractivity contribution in [3.63, 3.8) is 0 Å². The van der Waals surface area contributed by atoms with Crippen LogP contribution in [0.3, 0.4) is 0 Å². The van der Waals surface area contributed by atoms with Gasteiger partial charge in [0.1, 0.15) is 66.9 Å². The molecule has 6 amide bonds. The van der Waals surface area contributed by atoms with Gasteiger partial charge in [0.15, 0.2) is 0 Å². The summed E-state index contributed by atoms with van der Waals surface area (Å²) in [5, 5.41) is 4.65. The molecule has 2 N–H and O–H groups in total. The van der Waals surface area contributed by atoms with Crippen molar-refractivity contribution in [1.82, 2.24) is 20.4 Å². The molecule has 0 bridgehead atoms. The van der Waals surface area contributed by atoms with E-state index in [1.807, 2.05) is 68.2 Å². The summed E-state index contributed by atoms with van der Waals surface area (Å²) in [4.78, 5) is 158. The van der Waals surface area contributed by atoms with Crippen LogP contribution in [0.4, 0.5) is 0 Å². The second kappa shape index (κ2) is 67.7. The lowest BCUT2D eigenvalue weighted by atomic mass is 10.1. The van der Waals surface area contributed by atoms with Gasteiger partial charge in [-0.15, -0.1) is 23.5 Å². The van der Waals surface area contributed by atoms with Crippen LogP contribution in [-0.4, -0.2) is 174 Å². The highest BCUT2D eigenvalue weighted by Gasteiger charge is 2.39. The molecule has 2 aliphatic rings. The van der Waals surface area contributed by atoms with E-state index in [2.05, 4.69) is 10.6 Å². The Morgan fingerprint density at radius 3 is 1.08 bits per heavy atom. The lowest BCUT2D eigenvalue weighted by Crippen LogP contribution is -2.37. The number of aldehydes is 2. The molecule has 2 atom stereocenters. The molecule has 2 rings (SSSR count). The summed E-state index contributed by atoms with van der Waals surface area (Å²) in [6.45, 7) is 21.0. The molecule has 2 saturated heterocycles. The standard InChI is InChI=1S/C22H34N4O7S2.C12H22O2.8CH2O/c1-3-34-15-13-19(29)25(21(15)31)9-5-17(27)23-7-11-33-12-8-24-18(28)6-10-26-20(30)14-16(22(26)32)35-4-2;13-11-9-7-5-3-1-2-4-6-8-10-12-14;8*1-2/h15-16H,3-14H2,1-2H3,(H,23,27)(H,24,28);11-12H,1-10H2;8*1H2. The quantitative estimate of drug-likeness (QED) is 0.0670. The minimum atomic E-state index is -0.341. The lowest BCUT2D eigenvalue weighted by molar-refractivity contribution is -0.140. The van der Waals surface area contributed by atoms with Gasteiger partial charge >= 0.3 is 0 Å². The van der Waals surface area contributed by atoms with Crippen LogP contribution in [0, 0.1) is 0 Å². The van der Waals surface area contributed by atoms with E-state index in [0.29, 0.717) is 0 Å². The monoisotopic (exact) mass is 968 g/mol. The van der Waals surface area contributed by atoms with Crippen molar-refractivity contribution in [1.29, 1.82) is 0 Å². The Kier molecular flexibility index (Phi) is 80.0. The minimum Gasteiger partial charge on any atom is -0.378 e. The molecule has 2 fully saturated rings. The summed E-state index contributed by atoms with van der Waals surface area (Å²) in [5.74, 6) is 0.0216. The fourth-order valence-corrected chi connectivity index (χ4v) is 7.05. The summed E-state index contributed by atoms with van der Waals surface area (Å²) in [6.07, 6.45) is 13.4. The molecule has 0 spiro atoms. The largest absolute Gasteiger partial charge is 0.378 e. The van der Waals surface area contributed by atoms with Crippen molar-refractivity contribution >= 4 is 126 Å².